The number of halogens is 1. The average molecular weight is 309 g/mol. The Balaban J connectivity index is 2.49. The normalized spacial score (nSPS) is 10.7. The molecule has 0 atom stereocenters. The van der Waals surface area contributed by atoms with Crippen molar-refractivity contribution in [2.45, 2.75) is 13.8 Å². The zero-order valence-corrected chi connectivity index (χ0v) is 12.5. The number of benzene rings is 2. The van der Waals surface area contributed by atoms with Crippen LogP contribution in [0.25, 0.3) is 22.3 Å². The van der Waals surface area contributed by atoms with Gasteiger partial charge in [-0.1, -0.05) is 0 Å². The lowest BCUT2D eigenvalue weighted by molar-refractivity contribution is -0.467. The fourth-order valence-electron chi connectivity index (χ4n) is 2.50. The molecule has 5 nitrogen and oxygen atoms in total. The van der Waals surface area contributed by atoms with Gasteiger partial charge in [-0.15, -0.1) is 0 Å². The van der Waals surface area contributed by atoms with Crippen molar-refractivity contribution in [3.05, 3.63) is 69.2 Å². The smallest absolute Gasteiger partial charge is 0.363 e. The summed E-state index contributed by atoms with van der Waals surface area (Å²) in [5, 5.41) is 22.1. The summed E-state index contributed by atoms with van der Waals surface area (Å²) in [5.41, 5.74) is 1.91. The molecule has 1 heterocycles. The molecular weight excluding hydrogens is 297 g/mol. The Bertz CT molecular complexity index is 1030. The van der Waals surface area contributed by atoms with Crippen molar-refractivity contribution >= 4 is 11.0 Å². The van der Waals surface area contributed by atoms with Gasteiger partial charge in [0, 0.05) is 16.5 Å². The first-order valence-electron chi connectivity index (χ1n) is 6.90. The maximum Gasteiger partial charge on any atom is 0.363 e. The molecular formula is C17H12FN3O2. The van der Waals surface area contributed by atoms with E-state index in [1.54, 1.807) is 18.2 Å². The molecule has 0 N–H and O–H groups in total. The van der Waals surface area contributed by atoms with Crippen molar-refractivity contribution in [1.29, 1.82) is 5.26 Å². The number of hydrogen-bond donors (Lipinski definition) is 0. The van der Waals surface area contributed by atoms with Gasteiger partial charge in [0.2, 0.25) is 0 Å². The van der Waals surface area contributed by atoms with Crippen molar-refractivity contribution in [2.75, 3.05) is 0 Å². The Morgan fingerprint density at radius 1 is 1.17 bits per heavy atom. The van der Waals surface area contributed by atoms with E-state index in [-0.39, 0.29) is 22.4 Å². The van der Waals surface area contributed by atoms with E-state index in [0.29, 0.717) is 14.7 Å². The predicted octanol–water partition coefficient (Wildman–Crippen LogP) is 3.20. The number of fused-ring (bicyclic) bond motifs is 1. The van der Waals surface area contributed by atoms with Crippen LogP contribution in [0.3, 0.4) is 0 Å². The molecule has 0 aliphatic carbocycles. The van der Waals surface area contributed by atoms with Crippen molar-refractivity contribution < 1.29 is 8.82 Å². The van der Waals surface area contributed by atoms with Crippen LogP contribution < -0.4 is 4.43 Å². The van der Waals surface area contributed by atoms with Crippen LogP contribution in [0.15, 0.2) is 36.4 Å². The van der Waals surface area contributed by atoms with E-state index in [2.05, 4.69) is 0 Å². The lowest BCUT2D eigenvalue weighted by Gasteiger charge is -2.18. The van der Waals surface area contributed by atoms with Crippen molar-refractivity contribution in [1.82, 2.24) is 4.73 Å². The fourth-order valence-corrected chi connectivity index (χ4v) is 2.50. The predicted molar refractivity (Wildman–Crippen MR) is 83.7 cm³/mol. The third-order valence-corrected chi connectivity index (χ3v) is 3.88. The van der Waals surface area contributed by atoms with Gasteiger partial charge in [-0.25, -0.2) is 4.39 Å². The Morgan fingerprint density at radius 3 is 2.39 bits per heavy atom. The third-order valence-electron chi connectivity index (χ3n) is 3.88. The SMILES string of the molecule is Cc1cc2c(cc1C)[n+](=O)c(C#N)c(-c1ccc(F)cc1)n2[O-]. The van der Waals surface area contributed by atoms with E-state index < -0.39 is 5.82 Å². The van der Waals surface area contributed by atoms with Crippen molar-refractivity contribution in [3.63, 3.8) is 0 Å². The van der Waals surface area contributed by atoms with Crippen LogP contribution >= 0.6 is 0 Å². The molecule has 0 radical (unpaired) electrons. The van der Waals surface area contributed by atoms with Gasteiger partial charge in [0.25, 0.3) is 5.52 Å². The second-order valence-electron chi connectivity index (χ2n) is 5.33. The number of aryl methyl sites for hydroxylation is 2. The minimum absolute atomic E-state index is 0.0850. The van der Waals surface area contributed by atoms with Gasteiger partial charge < -0.3 is 9.94 Å². The van der Waals surface area contributed by atoms with Crippen LogP contribution in [-0.4, -0.2) is 4.73 Å². The van der Waals surface area contributed by atoms with E-state index in [1.807, 2.05) is 13.8 Å². The molecule has 23 heavy (non-hydrogen) atoms. The van der Waals surface area contributed by atoms with Crippen LogP contribution in [0.5, 0.6) is 0 Å². The molecule has 0 saturated heterocycles. The first-order chi connectivity index (χ1) is 10.9. The Morgan fingerprint density at radius 2 is 1.78 bits per heavy atom. The number of nitrogens with zero attached hydrogens (tertiary/aromatic N) is 3. The molecule has 0 bridgehead atoms. The molecule has 0 unspecified atom stereocenters. The maximum absolute atomic E-state index is 13.1. The monoisotopic (exact) mass is 309 g/mol. The zero-order valence-electron chi connectivity index (χ0n) is 12.5. The molecule has 0 spiro atoms. The van der Waals surface area contributed by atoms with Crippen molar-refractivity contribution in [2.24, 2.45) is 0 Å². The molecule has 0 aliphatic heterocycles. The lowest BCUT2D eigenvalue weighted by Crippen LogP contribution is -2.25. The van der Waals surface area contributed by atoms with Gasteiger partial charge in [-0.05, 0) is 55.3 Å². The minimum atomic E-state index is -0.466. The minimum Gasteiger partial charge on any atom is -0.805 e. The molecule has 0 fully saturated rings. The van der Waals surface area contributed by atoms with Crippen LogP contribution in [0.4, 0.5) is 4.39 Å². The number of nitriles is 1. The molecule has 2 aromatic carbocycles. The third kappa shape index (κ3) is 2.23. The van der Waals surface area contributed by atoms with Gasteiger partial charge in [-0.2, -0.15) is 5.26 Å². The second kappa shape index (κ2) is 5.21. The molecule has 0 aliphatic rings. The van der Waals surface area contributed by atoms with Gasteiger partial charge in [0.1, 0.15) is 17.0 Å². The average Bonchev–Trinajstić information content (AvgIpc) is 2.53. The molecule has 0 amide bonds. The van der Waals surface area contributed by atoms with Gasteiger partial charge in [-0.3, -0.25) is 0 Å². The summed E-state index contributed by atoms with van der Waals surface area (Å²) < 4.78 is 14.1. The Labute approximate surface area is 131 Å². The second-order valence-corrected chi connectivity index (χ2v) is 5.33. The van der Waals surface area contributed by atoms with Crippen LogP contribution in [0, 0.1) is 41.1 Å². The quantitative estimate of drug-likeness (QED) is 0.648. The van der Waals surface area contributed by atoms with E-state index >= 15 is 0 Å². The summed E-state index contributed by atoms with van der Waals surface area (Å²) in [4.78, 5) is 12.5. The van der Waals surface area contributed by atoms with E-state index in [1.165, 1.54) is 24.3 Å². The zero-order chi connectivity index (χ0) is 16.7. The highest BCUT2D eigenvalue weighted by Crippen LogP contribution is 2.26. The molecule has 1 aromatic heterocycles. The lowest BCUT2D eigenvalue weighted by atomic mass is 10.1. The largest absolute Gasteiger partial charge is 0.805 e. The molecule has 3 aromatic rings. The summed E-state index contributed by atoms with van der Waals surface area (Å²) in [5.74, 6) is -0.466. The van der Waals surface area contributed by atoms with Gasteiger partial charge in [0.05, 0.1) is 4.43 Å². The Hall–Kier alpha value is -3.20. The fraction of sp³-hybridized carbons (Fsp3) is 0.118. The number of aromatic nitrogens is 2. The van der Waals surface area contributed by atoms with E-state index in [4.69, 9.17) is 0 Å². The van der Waals surface area contributed by atoms with E-state index in [0.717, 1.165) is 11.1 Å². The topological polar surface area (TPSA) is 74.8 Å². The highest BCUT2D eigenvalue weighted by atomic mass is 19.1. The van der Waals surface area contributed by atoms with Crippen LogP contribution in [-0.2, 0) is 0 Å². The summed E-state index contributed by atoms with van der Waals surface area (Å²) in [6.45, 7) is 3.66. The van der Waals surface area contributed by atoms with Gasteiger partial charge in [0.15, 0.2) is 6.07 Å². The number of rotatable bonds is 1. The van der Waals surface area contributed by atoms with Crippen LogP contribution in [0.1, 0.15) is 16.8 Å². The summed E-state index contributed by atoms with van der Waals surface area (Å²) >= 11 is 0. The van der Waals surface area contributed by atoms with Gasteiger partial charge >= 0.3 is 5.69 Å². The summed E-state index contributed by atoms with van der Waals surface area (Å²) in [7, 11) is 0. The van der Waals surface area contributed by atoms with Crippen molar-refractivity contribution in [3.8, 4) is 17.3 Å². The first kappa shape index (κ1) is 14.7. The molecule has 3 rings (SSSR count). The van der Waals surface area contributed by atoms with Crippen LogP contribution in [0.2, 0.25) is 0 Å². The number of hydrogen-bond acceptors (Lipinski definition) is 3. The molecule has 114 valence electrons. The highest BCUT2D eigenvalue weighted by Gasteiger charge is 2.24. The summed E-state index contributed by atoms with van der Waals surface area (Å²) in [6.07, 6.45) is 0. The highest BCUT2D eigenvalue weighted by molar-refractivity contribution is 5.79. The summed E-state index contributed by atoms with van der Waals surface area (Å²) in [6, 6.07) is 10.1. The maximum atomic E-state index is 13.1. The Kier molecular flexibility index (Phi) is 3.34. The first-order valence-corrected chi connectivity index (χ1v) is 6.90. The molecule has 6 heteroatoms. The molecule has 0 saturated carbocycles. The standard InChI is InChI=1S/C17H12FN3O2/c1-10-7-14-15(8-11(10)2)21(23)17(16(9-19)20(14)22)12-3-5-13(18)6-4-12/h3-8H,1-2H3. The van der Waals surface area contributed by atoms with E-state index in [9.17, 15) is 19.8 Å².